The smallest absolute Gasteiger partial charge is 0.407 e. The van der Waals surface area contributed by atoms with E-state index in [-0.39, 0.29) is 25.7 Å². The molecule has 6 nitrogen and oxygen atoms in total. The first-order valence-corrected chi connectivity index (χ1v) is 8.63. The Morgan fingerprint density at radius 3 is 2.46 bits per heavy atom. The molecule has 2 rings (SSSR count). The molecule has 0 aliphatic carbocycles. The van der Waals surface area contributed by atoms with Crippen LogP contribution in [0.25, 0.3) is 0 Å². The van der Waals surface area contributed by atoms with Crippen LogP contribution in [0.2, 0.25) is 5.02 Å². The van der Waals surface area contributed by atoms with Crippen LogP contribution in [0.3, 0.4) is 0 Å². The first kappa shape index (κ1) is 19.8. The molecule has 0 aliphatic heterocycles. The zero-order valence-corrected chi connectivity index (χ0v) is 15.2. The van der Waals surface area contributed by atoms with Crippen molar-refractivity contribution in [2.45, 2.75) is 19.9 Å². The Kier molecular flexibility index (Phi) is 7.92. The largest absolute Gasteiger partial charge is 0.447 e. The second kappa shape index (κ2) is 10.4. The van der Waals surface area contributed by atoms with Gasteiger partial charge in [0.05, 0.1) is 0 Å². The third-order valence-corrected chi connectivity index (χ3v) is 3.96. The van der Waals surface area contributed by atoms with Crippen molar-refractivity contribution < 1.29 is 19.2 Å². The number of benzene rings is 2. The average molecular weight is 377 g/mol. The molecule has 0 unspecified atom stereocenters. The maximum Gasteiger partial charge on any atom is 0.407 e. The van der Waals surface area contributed by atoms with Crippen molar-refractivity contribution in [1.29, 1.82) is 0 Å². The van der Waals surface area contributed by atoms with Gasteiger partial charge in [-0.2, -0.15) is 0 Å². The van der Waals surface area contributed by atoms with E-state index >= 15 is 0 Å². The Balaban J connectivity index is 1.60. The zero-order valence-electron chi connectivity index (χ0n) is 14.5. The lowest BCUT2D eigenvalue weighted by molar-refractivity contribution is 0.0126. The molecule has 0 fully saturated rings. The molecule has 0 saturated carbocycles. The molecule has 0 radical (unpaired) electrons. The minimum atomic E-state index is -0.588. The first-order chi connectivity index (χ1) is 12.6. The molecule has 7 heteroatoms. The van der Waals surface area contributed by atoms with Crippen LogP contribution < -0.4 is 10.8 Å². The highest BCUT2D eigenvalue weighted by Crippen LogP contribution is 2.14. The van der Waals surface area contributed by atoms with Crippen LogP contribution in [-0.2, 0) is 22.5 Å². The van der Waals surface area contributed by atoms with Crippen LogP contribution in [0.5, 0.6) is 0 Å². The molecule has 2 N–H and O–H groups in total. The Morgan fingerprint density at radius 2 is 1.77 bits per heavy atom. The fourth-order valence-electron chi connectivity index (χ4n) is 2.10. The summed E-state index contributed by atoms with van der Waals surface area (Å²) in [6, 6.07) is 14.5. The molecular weight excluding hydrogens is 356 g/mol. The Morgan fingerprint density at radius 1 is 1.04 bits per heavy atom. The summed E-state index contributed by atoms with van der Waals surface area (Å²) in [5.41, 5.74) is 4.75. The van der Waals surface area contributed by atoms with E-state index in [0.29, 0.717) is 10.6 Å². The van der Waals surface area contributed by atoms with Gasteiger partial charge in [-0.25, -0.2) is 10.3 Å². The minimum Gasteiger partial charge on any atom is -0.447 e. The standard InChI is InChI=1S/C19H21ClN2O4/c1-2-14-7-9-15(10-8-14)18(23)22-26-12-11-25-19(24)21-13-16-5-3-4-6-17(16)20/h3-10H,2,11-13H2,1H3,(H,21,24)(H,22,23). The van der Waals surface area contributed by atoms with Gasteiger partial charge in [0.25, 0.3) is 5.91 Å². The van der Waals surface area contributed by atoms with Gasteiger partial charge in [0.1, 0.15) is 13.2 Å². The van der Waals surface area contributed by atoms with Gasteiger partial charge in [-0.1, -0.05) is 48.9 Å². The number of halogens is 1. The molecule has 2 amide bonds. The lowest BCUT2D eigenvalue weighted by Crippen LogP contribution is -2.28. The maximum absolute atomic E-state index is 11.9. The first-order valence-electron chi connectivity index (χ1n) is 8.25. The number of alkyl carbamates (subject to hydrolysis) is 1. The number of aryl methyl sites for hydroxylation is 1. The normalized spacial score (nSPS) is 10.2. The Hall–Kier alpha value is -2.57. The molecule has 2 aromatic carbocycles. The second-order valence-electron chi connectivity index (χ2n) is 5.41. The summed E-state index contributed by atoms with van der Waals surface area (Å²) in [5.74, 6) is -0.351. The van der Waals surface area contributed by atoms with Gasteiger partial charge in [-0.15, -0.1) is 0 Å². The van der Waals surface area contributed by atoms with Crippen LogP contribution >= 0.6 is 11.6 Å². The number of carbonyl (C=O) groups excluding carboxylic acids is 2. The summed E-state index contributed by atoms with van der Waals surface area (Å²) in [5, 5.41) is 3.16. The number of ether oxygens (including phenoxy) is 1. The molecule has 0 spiro atoms. The number of rotatable bonds is 8. The van der Waals surface area contributed by atoms with Gasteiger partial charge in [-0.3, -0.25) is 9.63 Å². The minimum absolute atomic E-state index is 0.00338. The van der Waals surface area contributed by atoms with Crippen LogP contribution in [0.15, 0.2) is 48.5 Å². The summed E-state index contributed by atoms with van der Waals surface area (Å²) < 4.78 is 4.95. The number of hydrogen-bond donors (Lipinski definition) is 2. The van der Waals surface area contributed by atoms with E-state index in [0.717, 1.165) is 17.5 Å². The maximum atomic E-state index is 11.9. The van der Waals surface area contributed by atoms with E-state index in [2.05, 4.69) is 10.8 Å². The van der Waals surface area contributed by atoms with Crippen molar-refractivity contribution in [3.63, 3.8) is 0 Å². The molecule has 2 aromatic rings. The van der Waals surface area contributed by atoms with Crippen LogP contribution in [0.4, 0.5) is 4.79 Å². The SMILES string of the molecule is CCc1ccc(C(=O)NOCCOC(=O)NCc2ccccc2Cl)cc1. The van der Waals surface area contributed by atoms with Gasteiger partial charge in [0, 0.05) is 17.1 Å². The van der Waals surface area contributed by atoms with Crippen molar-refractivity contribution in [2.24, 2.45) is 0 Å². The molecular formula is C19H21ClN2O4. The fourth-order valence-corrected chi connectivity index (χ4v) is 2.31. The van der Waals surface area contributed by atoms with Crippen molar-refractivity contribution >= 4 is 23.6 Å². The summed E-state index contributed by atoms with van der Waals surface area (Å²) in [7, 11) is 0. The quantitative estimate of drug-likeness (QED) is 0.546. The highest BCUT2D eigenvalue weighted by atomic mass is 35.5. The third-order valence-electron chi connectivity index (χ3n) is 3.59. The number of carbonyl (C=O) groups is 2. The van der Waals surface area contributed by atoms with Gasteiger partial charge in [0.15, 0.2) is 0 Å². The predicted octanol–water partition coefficient (Wildman–Crippen LogP) is 3.49. The molecule has 26 heavy (non-hydrogen) atoms. The van der Waals surface area contributed by atoms with Crippen LogP contribution in [0.1, 0.15) is 28.4 Å². The highest BCUT2D eigenvalue weighted by Gasteiger charge is 2.06. The van der Waals surface area contributed by atoms with E-state index < -0.39 is 6.09 Å². The molecule has 0 atom stereocenters. The molecule has 0 heterocycles. The molecule has 0 aliphatic rings. The predicted molar refractivity (Wildman–Crippen MR) is 98.9 cm³/mol. The number of hydrogen-bond acceptors (Lipinski definition) is 4. The Bertz CT molecular complexity index is 735. The van der Waals surface area contributed by atoms with Crippen molar-refractivity contribution in [1.82, 2.24) is 10.8 Å². The summed E-state index contributed by atoms with van der Waals surface area (Å²) in [4.78, 5) is 28.5. The van der Waals surface area contributed by atoms with Crippen LogP contribution in [-0.4, -0.2) is 25.2 Å². The van der Waals surface area contributed by atoms with Gasteiger partial charge in [0.2, 0.25) is 0 Å². The zero-order chi connectivity index (χ0) is 18.8. The molecule has 0 bridgehead atoms. The lowest BCUT2D eigenvalue weighted by Gasteiger charge is -2.09. The van der Waals surface area contributed by atoms with Crippen molar-refractivity contribution in [3.05, 3.63) is 70.2 Å². The number of hydroxylamine groups is 1. The Labute approximate surface area is 157 Å². The van der Waals surface area contributed by atoms with E-state index in [9.17, 15) is 9.59 Å². The summed E-state index contributed by atoms with van der Waals surface area (Å²) in [6.07, 6.45) is 0.323. The van der Waals surface area contributed by atoms with Crippen molar-refractivity contribution in [2.75, 3.05) is 13.2 Å². The van der Waals surface area contributed by atoms with Gasteiger partial charge in [-0.05, 0) is 35.7 Å². The highest BCUT2D eigenvalue weighted by molar-refractivity contribution is 6.31. The molecule has 138 valence electrons. The fraction of sp³-hybridized carbons (Fsp3) is 0.263. The van der Waals surface area contributed by atoms with Crippen LogP contribution in [0, 0.1) is 0 Å². The third kappa shape index (κ3) is 6.38. The monoisotopic (exact) mass is 376 g/mol. The van der Waals surface area contributed by atoms with E-state index in [1.165, 1.54) is 0 Å². The summed E-state index contributed by atoms with van der Waals surface area (Å²) in [6.45, 7) is 2.36. The van der Waals surface area contributed by atoms with E-state index in [1.54, 1.807) is 18.2 Å². The molecule has 0 aromatic heterocycles. The van der Waals surface area contributed by atoms with Crippen molar-refractivity contribution in [3.8, 4) is 0 Å². The van der Waals surface area contributed by atoms with Gasteiger partial charge >= 0.3 is 6.09 Å². The van der Waals surface area contributed by atoms with E-state index in [1.807, 2.05) is 37.3 Å². The topological polar surface area (TPSA) is 76.7 Å². The van der Waals surface area contributed by atoms with E-state index in [4.69, 9.17) is 21.2 Å². The van der Waals surface area contributed by atoms with Gasteiger partial charge < -0.3 is 10.1 Å². The molecule has 0 saturated heterocycles. The number of nitrogens with one attached hydrogen (secondary N) is 2. The second-order valence-corrected chi connectivity index (χ2v) is 5.82. The lowest BCUT2D eigenvalue weighted by atomic mass is 10.1. The number of amides is 2. The summed E-state index contributed by atoms with van der Waals surface area (Å²) >= 11 is 6.00. The average Bonchev–Trinajstić information content (AvgIpc) is 2.67.